The molecule has 2 aromatic rings. The number of ether oxygens (including phenoxy) is 1. The molecule has 0 bridgehead atoms. The lowest BCUT2D eigenvalue weighted by Crippen LogP contribution is -2.25. The van der Waals surface area contributed by atoms with Crippen LogP contribution in [0, 0.1) is 29.1 Å². The van der Waals surface area contributed by atoms with E-state index in [9.17, 15) is 10.1 Å². The second kappa shape index (κ2) is 6.29. The van der Waals surface area contributed by atoms with Gasteiger partial charge in [0.25, 0.3) is 5.91 Å². The summed E-state index contributed by atoms with van der Waals surface area (Å²) in [6, 6.07) is 6.40. The van der Waals surface area contributed by atoms with Crippen LogP contribution in [-0.4, -0.2) is 47.0 Å². The molecule has 8 nitrogen and oxygen atoms in total. The number of fused-ring (bicyclic) bond motifs is 2. The highest BCUT2D eigenvalue weighted by atomic mass is 16.5. The number of carbonyl (C=O) groups is 1. The normalized spacial score (nSPS) is 26.8. The van der Waals surface area contributed by atoms with Crippen LogP contribution in [0.1, 0.15) is 41.5 Å². The molecule has 6 rings (SSSR count). The fourth-order valence-electron chi connectivity index (χ4n) is 5.17. The van der Waals surface area contributed by atoms with E-state index in [1.54, 1.807) is 4.68 Å². The van der Waals surface area contributed by atoms with E-state index in [-0.39, 0.29) is 5.91 Å². The Bertz CT molecular complexity index is 1070. The van der Waals surface area contributed by atoms with Gasteiger partial charge in [0.05, 0.1) is 53.9 Å². The number of pyridine rings is 1. The van der Waals surface area contributed by atoms with Gasteiger partial charge in [-0.05, 0) is 31.7 Å². The summed E-state index contributed by atoms with van der Waals surface area (Å²) in [5.74, 6) is 2.26. The van der Waals surface area contributed by atoms with Crippen LogP contribution in [0.5, 0.6) is 0 Å². The molecular weight excluding hydrogens is 380 g/mol. The first-order valence-corrected chi connectivity index (χ1v) is 10.7. The SMILES string of the molecule is C[C@@](C#N)(c1cc(-n2ccc(N3C[C@H]4COC[C@H]4C3)n2)c2c(n1)CNC2=O)C1CC1. The van der Waals surface area contributed by atoms with Crippen molar-refractivity contribution < 1.29 is 9.53 Å². The largest absolute Gasteiger partial charge is 0.381 e. The number of nitrogens with one attached hydrogen (secondary N) is 1. The third-order valence-corrected chi connectivity index (χ3v) is 7.26. The Morgan fingerprint density at radius 2 is 2.07 bits per heavy atom. The Morgan fingerprint density at radius 1 is 1.30 bits per heavy atom. The van der Waals surface area contributed by atoms with Gasteiger partial charge in [0.1, 0.15) is 0 Å². The summed E-state index contributed by atoms with van der Waals surface area (Å²) in [6.45, 7) is 5.93. The monoisotopic (exact) mass is 404 g/mol. The quantitative estimate of drug-likeness (QED) is 0.835. The lowest BCUT2D eigenvalue weighted by Gasteiger charge is -2.22. The smallest absolute Gasteiger partial charge is 0.255 e. The highest BCUT2D eigenvalue weighted by Crippen LogP contribution is 2.47. The Balaban J connectivity index is 1.40. The number of nitrogens with zero attached hydrogens (tertiary/aromatic N) is 5. The molecule has 1 amide bonds. The van der Waals surface area contributed by atoms with Gasteiger partial charge in [0, 0.05) is 37.2 Å². The van der Waals surface area contributed by atoms with Gasteiger partial charge in [-0.15, -0.1) is 0 Å². The van der Waals surface area contributed by atoms with Gasteiger partial charge >= 0.3 is 0 Å². The molecule has 1 N–H and O–H groups in total. The van der Waals surface area contributed by atoms with E-state index in [2.05, 4.69) is 16.3 Å². The Kier molecular flexibility index (Phi) is 3.75. The summed E-state index contributed by atoms with van der Waals surface area (Å²) >= 11 is 0. The van der Waals surface area contributed by atoms with Crippen molar-refractivity contribution in [3.8, 4) is 11.8 Å². The van der Waals surface area contributed by atoms with Gasteiger partial charge < -0.3 is 15.0 Å². The van der Waals surface area contributed by atoms with E-state index >= 15 is 0 Å². The fourth-order valence-corrected chi connectivity index (χ4v) is 5.17. The maximum atomic E-state index is 12.6. The van der Waals surface area contributed by atoms with Crippen molar-refractivity contribution in [2.24, 2.45) is 17.8 Å². The van der Waals surface area contributed by atoms with Gasteiger partial charge in [-0.25, -0.2) is 4.68 Å². The number of hydrogen-bond donors (Lipinski definition) is 1. The summed E-state index contributed by atoms with van der Waals surface area (Å²) in [7, 11) is 0. The summed E-state index contributed by atoms with van der Waals surface area (Å²) in [5, 5.41) is 17.6. The summed E-state index contributed by atoms with van der Waals surface area (Å²) < 4.78 is 7.36. The van der Waals surface area contributed by atoms with Crippen molar-refractivity contribution in [2.75, 3.05) is 31.2 Å². The minimum atomic E-state index is -0.641. The van der Waals surface area contributed by atoms with E-state index in [0.29, 0.717) is 41.2 Å². The molecule has 0 aromatic carbocycles. The topological polar surface area (TPSA) is 96.1 Å². The van der Waals surface area contributed by atoms with E-state index in [1.165, 1.54) is 0 Å². The first-order valence-electron chi connectivity index (χ1n) is 10.7. The molecular formula is C22H24N6O2. The van der Waals surface area contributed by atoms with Crippen LogP contribution in [0.3, 0.4) is 0 Å². The van der Waals surface area contributed by atoms with Crippen LogP contribution in [0.25, 0.3) is 5.69 Å². The fraction of sp³-hybridized carbons (Fsp3) is 0.545. The van der Waals surface area contributed by atoms with Crippen molar-refractivity contribution >= 4 is 11.7 Å². The molecule has 5 heterocycles. The van der Waals surface area contributed by atoms with Gasteiger partial charge in [0.15, 0.2) is 5.82 Å². The maximum Gasteiger partial charge on any atom is 0.255 e. The molecule has 0 spiro atoms. The highest BCUT2D eigenvalue weighted by molar-refractivity contribution is 6.01. The molecule has 3 atom stereocenters. The Hall–Kier alpha value is -2.92. The first kappa shape index (κ1) is 17.9. The third-order valence-electron chi connectivity index (χ3n) is 7.26. The van der Waals surface area contributed by atoms with E-state index in [1.807, 2.05) is 25.3 Å². The number of amides is 1. The average molecular weight is 404 g/mol. The van der Waals surface area contributed by atoms with Gasteiger partial charge in [-0.1, -0.05) is 0 Å². The molecule has 0 unspecified atom stereocenters. The third kappa shape index (κ3) is 2.58. The van der Waals surface area contributed by atoms with Crippen LogP contribution in [-0.2, 0) is 16.7 Å². The summed E-state index contributed by atoms with van der Waals surface area (Å²) in [5.41, 5.74) is 2.08. The number of hydrogen-bond acceptors (Lipinski definition) is 6. The second-order valence-electron chi connectivity index (χ2n) is 9.20. The molecule has 1 aliphatic carbocycles. The van der Waals surface area contributed by atoms with E-state index in [0.717, 1.165) is 50.7 Å². The van der Waals surface area contributed by atoms with E-state index in [4.69, 9.17) is 14.8 Å². The number of nitriles is 1. The Labute approximate surface area is 174 Å². The average Bonchev–Trinajstić information content (AvgIpc) is 3.10. The lowest BCUT2D eigenvalue weighted by molar-refractivity contribution is 0.0965. The zero-order chi connectivity index (χ0) is 20.5. The summed E-state index contributed by atoms with van der Waals surface area (Å²) in [6.07, 6.45) is 4.00. The van der Waals surface area contributed by atoms with Crippen LogP contribution in [0.2, 0.25) is 0 Å². The lowest BCUT2D eigenvalue weighted by atomic mass is 9.82. The van der Waals surface area contributed by atoms with Crippen LogP contribution in [0.4, 0.5) is 5.82 Å². The van der Waals surface area contributed by atoms with Crippen molar-refractivity contribution in [3.63, 3.8) is 0 Å². The van der Waals surface area contributed by atoms with Crippen molar-refractivity contribution in [2.45, 2.75) is 31.7 Å². The maximum absolute atomic E-state index is 12.6. The zero-order valence-corrected chi connectivity index (χ0v) is 17.0. The standard InChI is InChI=1S/C22H24N6O2/c1-22(12-23,15-2-3-15)18-6-17(20-16(25-18)7-24-21(20)29)28-5-4-19(26-28)27-8-13-10-30-11-14(13)9-27/h4-6,13-15H,2-3,7-11H2,1H3,(H,24,29)/t13-,14+,22-/m0/s1. The number of aromatic nitrogens is 3. The highest BCUT2D eigenvalue weighted by Gasteiger charge is 2.45. The minimum Gasteiger partial charge on any atom is -0.381 e. The molecule has 1 saturated carbocycles. The van der Waals surface area contributed by atoms with Gasteiger partial charge in [-0.3, -0.25) is 9.78 Å². The molecule has 3 fully saturated rings. The van der Waals surface area contributed by atoms with E-state index < -0.39 is 5.41 Å². The molecule has 154 valence electrons. The second-order valence-corrected chi connectivity index (χ2v) is 9.20. The molecule has 4 aliphatic rings. The molecule has 3 aliphatic heterocycles. The predicted octanol–water partition coefficient (Wildman–Crippen LogP) is 1.78. The van der Waals surface area contributed by atoms with Crippen LogP contribution in [0.15, 0.2) is 18.3 Å². The molecule has 2 saturated heterocycles. The molecule has 8 heteroatoms. The molecule has 0 radical (unpaired) electrons. The molecule has 2 aromatic heterocycles. The number of anilines is 1. The van der Waals surface area contributed by atoms with Crippen molar-refractivity contribution in [1.29, 1.82) is 5.26 Å². The number of carbonyl (C=O) groups excluding carboxylic acids is 1. The van der Waals surface area contributed by atoms with Crippen molar-refractivity contribution in [1.82, 2.24) is 20.1 Å². The predicted molar refractivity (Wildman–Crippen MR) is 108 cm³/mol. The minimum absolute atomic E-state index is 0.131. The number of rotatable bonds is 4. The zero-order valence-electron chi connectivity index (χ0n) is 17.0. The van der Waals surface area contributed by atoms with Crippen LogP contribution >= 0.6 is 0 Å². The van der Waals surface area contributed by atoms with Gasteiger partial charge in [0.2, 0.25) is 0 Å². The summed E-state index contributed by atoms with van der Waals surface area (Å²) in [4.78, 5) is 19.6. The first-order chi connectivity index (χ1) is 14.6. The van der Waals surface area contributed by atoms with Crippen LogP contribution < -0.4 is 10.2 Å². The van der Waals surface area contributed by atoms with Gasteiger partial charge in [-0.2, -0.15) is 10.4 Å². The Morgan fingerprint density at radius 3 is 2.77 bits per heavy atom. The molecule has 30 heavy (non-hydrogen) atoms. The van der Waals surface area contributed by atoms with Crippen molar-refractivity contribution in [3.05, 3.63) is 35.3 Å².